The Hall–Kier alpha value is -0.330. The molecule has 0 aliphatic heterocycles. The highest BCUT2D eigenvalue weighted by molar-refractivity contribution is 4.66. The third-order valence-corrected chi connectivity index (χ3v) is 2.50. The summed E-state index contributed by atoms with van der Waals surface area (Å²) in [5, 5.41) is 0. The Morgan fingerprint density at radius 3 is 2.44 bits per heavy atom. The average Bonchev–Trinajstić information content (AvgIpc) is 2.20. The molecule has 2 unspecified atom stereocenters. The number of hydrazine groups is 1. The van der Waals surface area contributed by atoms with Gasteiger partial charge in [0.25, 0.3) is 0 Å². The number of nitrogens with one attached hydrogen (secondary N) is 1. The molecule has 0 aromatic heterocycles. The molecule has 0 aromatic carbocycles. The van der Waals surface area contributed by atoms with Crippen LogP contribution in [0.4, 0.5) is 13.2 Å². The zero-order valence-corrected chi connectivity index (χ0v) is 9.81. The SMILES string of the molecule is CCC(C)CC(CCOCC(F)(F)F)NN. The summed E-state index contributed by atoms with van der Waals surface area (Å²) >= 11 is 0. The van der Waals surface area contributed by atoms with Crippen molar-refractivity contribution in [1.29, 1.82) is 0 Å². The summed E-state index contributed by atoms with van der Waals surface area (Å²) in [5.74, 6) is 5.82. The first-order chi connectivity index (χ1) is 7.39. The van der Waals surface area contributed by atoms with Gasteiger partial charge >= 0.3 is 6.18 Å². The minimum Gasteiger partial charge on any atom is -0.372 e. The van der Waals surface area contributed by atoms with Gasteiger partial charge in [0.2, 0.25) is 0 Å². The van der Waals surface area contributed by atoms with Crippen molar-refractivity contribution in [3.63, 3.8) is 0 Å². The van der Waals surface area contributed by atoms with Crippen molar-refractivity contribution in [2.45, 2.75) is 45.3 Å². The van der Waals surface area contributed by atoms with Crippen LogP contribution in [0.3, 0.4) is 0 Å². The van der Waals surface area contributed by atoms with Crippen LogP contribution in [0.2, 0.25) is 0 Å². The summed E-state index contributed by atoms with van der Waals surface area (Å²) in [6, 6.07) is 0.0168. The molecule has 0 amide bonds. The number of nitrogens with two attached hydrogens (primary N) is 1. The normalized spacial score (nSPS) is 16.1. The molecule has 0 aromatic rings. The highest BCUT2D eigenvalue weighted by Gasteiger charge is 2.27. The van der Waals surface area contributed by atoms with Gasteiger partial charge in [-0.1, -0.05) is 20.3 Å². The lowest BCUT2D eigenvalue weighted by molar-refractivity contribution is -0.174. The first-order valence-electron chi connectivity index (χ1n) is 5.49. The summed E-state index contributed by atoms with van der Waals surface area (Å²) in [6.07, 6.45) is -1.87. The first-order valence-corrected chi connectivity index (χ1v) is 5.49. The molecule has 0 fully saturated rings. The van der Waals surface area contributed by atoms with E-state index >= 15 is 0 Å². The first kappa shape index (κ1) is 15.7. The van der Waals surface area contributed by atoms with Gasteiger partial charge in [-0.05, 0) is 18.8 Å². The summed E-state index contributed by atoms with van der Waals surface area (Å²) < 4.78 is 39.8. The van der Waals surface area contributed by atoms with Crippen molar-refractivity contribution in [3.8, 4) is 0 Å². The lowest BCUT2D eigenvalue weighted by Gasteiger charge is -2.19. The Morgan fingerprint density at radius 1 is 1.38 bits per heavy atom. The van der Waals surface area contributed by atoms with Gasteiger partial charge in [0, 0.05) is 12.6 Å². The van der Waals surface area contributed by atoms with Crippen LogP contribution in [0.25, 0.3) is 0 Å². The van der Waals surface area contributed by atoms with Gasteiger partial charge in [0.1, 0.15) is 6.61 Å². The van der Waals surface area contributed by atoms with Crippen molar-refractivity contribution in [2.24, 2.45) is 11.8 Å². The molecule has 2 atom stereocenters. The van der Waals surface area contributed by atoms with Crippen molar-refractivity contribution < 1.29 is 17.9 Å². The zero-order chi connectivity index (χ0) is 12.6. The van der Waals surface area contributed by atoms with E-state index in [2.05, 4.69) is 24.0 Å². The number of halogens is 3. The molecule has 16 heavy (non-hydrogen) atoms. The highest BCUT2D eigenvalue weighted by atomic mass is 19.4. The summed E-state index contributed by atoms with van der Waals surface area (Å²) in [7, 11) is 0. The molecule has 0 heterocycles. The topological polar surface area (TPSA) is 47.3 Å². The van der Waals surface area contributed by atoms with Crippen LogP contribution in [-0.2, 0) is 4.74 Å². The average molecular weight is 242 g/mol. The maximum atomic E-state index is 11.8. The molecule has 0 aliphatic rings. The van der Waals surface area contributed by atoms with Crippen molar-refractivity contribution in [1.82, 2.24) is 5.43 Å². The minimum atomic E-state index is -4.25. The van der Waals surface area contributed by atoms with Crippen LogP contribution in [0, 0.1) is 5.92 Å². The van der Waals surface area contributed by atoms with Gasteiger partial charge in [-0.25, -0.2) is 0 Å². The van der Waals surface area contributed by atoms with Gasteiger partial charge in [-0.15, -0.1) is 0 Å². The second-order valence-corrected chi connectivity index (χ2v) is 4.07. The van der Waals surface area contributed by atoms with E-state index in [9.17, 15) is 13.2 Å². The molecule has 98 valence electrons. The van der Waals surface area contributed by atoms with E-state index in [0.29, 0.717) is 12.3 Å². The van der Waals surface area contributed by atoms with Crippen LogP contribution < -0.4 is 11.3 Å². The van der Waals surface area contributed by atoms with Gasteiger partial charge in [0.15, 0.2) is 0 Å². The summed E-state index contributed by atoms with van der Waals surface area (Å²) in [4.78, 5) is 0. The van der Waals surface area contributed by atoms with Crippen molar-refractivity contribution in [3.05, 3.63) is 0 Å². The number of rotatable bonds is 8. The Balaban J connectivity index is 3.63. The predicted molar refractivity (Wildman–Crippen MR) is 56.7 cm³/mol. The predicted octanol–water partition coefficient (Wildman–Crippen LogP) is 2.22. The van der Waals surface area contributed by atoms with Crippen LogP contribution in [-0.4, -0.2) is 25.4 Å². The zero-order valence-electron chi connectivity index (χ0n) is 9.81. The fourth-order valence-electron chi connectivity index (χ4n) is 1.34. The van der Waals surface area contributed by atoms with Crippen LogP contribution in [0.5, 0.6) is 0 Å². The molecule has 0 radical (unpaired) electrons. The third-order valence-electron chi connectivity index (χ3n) is 2.50. The highest BCUT2D eigenvalue weighted by Crippen LogP contribution is 2.15. The maximum absolute atomic E-state index is 11.8. The largest absolute Gasteiger partial charge is 0.411 e. The van der Waals surface area contributed by atoms with E-state index in [1.54, 1.807) is 0 Å². The Labute approximate surface area is 94.5 Å². The van der Waals surface area contributed by atoms with E-state index in [1.165, 1.54) is 0 Å². The van der Waals surface area contributed by atoms with Crippen molar-refractivity contribution >= 4 is 0 Å². The second kappa shape index (κ2) is 7.86. The van der Waals surface area contributed by atoms with E-state index < -0.39 is 12.8 Å². The second-order valence-electron chi connectivity index (χ2n) is 4.07. The van der Waals surface area contributed by atoms with E-state index in [-0.39, 0.29) is 12.6 Å². The van der Waals surface area contributed by atoms with Crippen LogP contribution >= 0.6 is 0 Å². The molecule has 0 spiro atoms. The summed E-state index contributed by atoms with van der Waals surface area (Å²) in [6.45, 7) is 3.04. The van der Waals surface area contributed by atoms with Gasteiger partial charge in [0.05, 0.1) is 0 Å². The van der Waals surface area contributed by atoms with Crippen LogP contribution in [0.15, 0.2) is 0 Å². The fourth-order valence-corrected chi connectivity index (χ4v) is 1.34. The summed E-state index contributed by atoms with van der Waals surface area (Å²) in [5.41, 5.74) is 2.60. The van der Waals surface area contributed by atoms with Crippen LogP contribution in [0.1, 0.15) is 33.1 Å². The third kappa shape index (κ3) is 8.94. The quantitative estimate of drug-likeness (QED) is 0.390. The Kier molecular flexibility index (Phi) is 7.70. The van der Waals surface area contributed by atoms with E-state index in [1.807, 2.05) is 0 Å². The molecule has 0 saturated carbocycles. The minimum absolute atomic E-state index is 0.0168. The number of hydrogen-bond acceptors (Lipinski definition) is 3. The Bertz CT molecular complexity index is 176. The molecule has 0 aliphatic carbocycles. The Morgan fingerprint density at radius 2 is 2.00 bits per heavy atom. The number of alkyl halides is 3. The standard InChI is InChI=1S/C10H21F3N2O/c1-3-8(2)6-9(15-14)4-5-16-7-10(11,12)13/h8-9,15H,3-7,14H2,1-2H3. The van der Waals surface area contributed by atoms with Crippen molar-refractivity contribution in [2.75, 3.05) is 13.2 Å². The van der Waals surface area contributed by atoms with E-state index in [0.717, 1.165) is 12.8 Å². The van der Waals surface area contributed by atoms with Gasteiger partial charge in [-0.2, -0.15) is 13.2 Å². The molecular weight excluding hydrogens is 221 g/mol. The molecule has 3 nitrogen and oxygen atoms in total. The maximum Gasteiger partial charge on any atom is 0.411 e. The number of hydrogen-bond donors (Lipinski definition) is 2. The molecular formula is C10H21F3N2O. The smallest absolute Gasteiger partial charge is 0.372 e. The monoisotopic (exact) mass is 242 g/mol. The molecule has 0 bridgehead atoms. The molecule has 3 N–H and O–H groups in total. The van der Waals surface area contributed by atoms with Gasteiger partial charge < -0.3 is 4.74 Å². The van der Waals surface area contributed by atoms with Gasteiger partial charge in [-0.3, -0.25) is 11.3 Å². The lowest BCUT2D eigenvalue weighted by Crippen LogP contribution is -2.37. The lowest BCUT2D eigenvalue weighted by atomic mass is 9.98. The number of ether oxygens (including phenoxy) is 1. The fraction of sp³-hybridized carbons (Fsp3) is 1.00. The molecule has 6 heteroatoms. The van der Waals surface area contributed by atoms with E-state index in [4.69, 9.17) is 5.84 Å². The molecule has 0 rings (SSSR count). The molecule has 0 saturated heterocycles.